The molecule has 2 aromatic rings. The van der Waals surface area contributed by atoms with Gasteiger partial charge >= 0.3 is 5.97 Å². The molecule has 6 heteroatoms. The third-order valence-electron chi connectivity index (χ3n) is 3.63. The van der Waals surface area contributed by atoms with Gasteiger partial charge in [-0.25, -0.2) is 4.79 Å². The summed E-state index contributed by atoms with van der Waals surface area (Å²) in [7, 11) is 0. The summed E-state index contributed by atoms with van der Waals surface area (Å²) in [6.07, 6.45) is -0.119. The Hall–Kier alpha value is -2.18. The molecule has 0 aliphatic carbocycles. The number of morpholine rings is 1. The number of hydrogen-bond donors (Lipinski definition) is 1. The fourth-order valence-corrected chi connectivity index (χ4v) is 3.16. The Balaban J connectivity index is 1.77. The monoisotopic (exact) mass is 317 g/mol. The fraction of sp³-hybridized carbons (Fsp3) is 0.250. The van der Waals surface area contributed by atoms with Crippen LogP contribution in [0.4, 0.5) is 0 Å². The molecule has 1 unspecified atom stereocenters. The second-order valence-corrected chi connectivity index (χ2v) is 5.83. The molecule has 1 amide bonds. The van der Waals surface area contributed by atoms with E-state index < -0.39 is 5.97 Å². The van der Waals surface area contributed by atoms with Crippen molar-refractivity contribution in [2.45, 2.75) is 6.10 Å². The number of thiophene rings is 1. The van der Waals surface area contributed by atoms with Crippen LogP contribution in [-0.4, -0.2) is 41.6 Å². The molecule has 1 aromatic heterocycles. The van der Waals surface area contributed by atoms with Gasteiger partial charge in [-0.2, -0.15) is 11.3 Å². The van der Waals surface area contributed by atoms with Crippen LogP contribution in [0.5, 0.6) is 0 Å². The Kier molecular flexibility index (Phi) is 4.22. The minimum Gasteiger partial charge on any atom is -0.478 e. The molecule has 22 heavy (non-hydrogen) atoms. The second kappa shape index (κ2) is 6.29. The molecule has 5 nitrogen and oxygen atoms in total. The number of aromatic carboxylic acids is 1. The van der Waals surface area contributed by atoms with E-state index in [9.17, 15) is 9.59 Å². The van der Waals surface area contributed by atoms with Crippen molar-refractivity contribution in [2.24, 2.45) is 0 Å². The van der Waals surface area contributed by atoms with Crippen molar-refractivity contribution < 1.29 is 19.4 Å². The van der Waals surface area contributed by atoms with Gasteiger partial charge in [0.1, 0.15) is 6.10 Å². The number of carbonyl (C=O) groups excluding carboxylic acids is 1. The number of hydrogen-bond acceptors (Lipinski definition) is 4. The highest BCUT2D eigenvalue weighted by molar-refractivity contribution is 7.07. The number of ether oxygens (including phenoxy) is 1. The number of carboxylic acids is 1. The van der Waals surface area contributed by atoms with Gasteiger partial charge in [0, 0.05) is 12.1 Å². The maximum Gasteiger partial charge on any atom is 0.335 e. The van der Waals surface area contributed by atoms with E-state index in [0.717, 1.165) is 5.56 Å². The summed E-state index contributed by atoms with van der Waals surface area (Å²) in [5.41, 5.74) is 1.58. The van der Waals surface area contributed by atoms with E-state index in [2.05, 4.69) is 0 Å². The van der Waals surface area contributed by atoms with Crippen molar-refractivity contribution in [3.63, 3.8) is 0 Å². The number of rotatable bonds is 3. The second-order valence-electron chi connectivity index (χ2n) is 5.05. The minimum atomic E-state index is -1.03. The molecular weight excluding hydrogens is 302 g/mol. The first-order valence-corrected chi connectivity index (χ1v) is 7.86. The third kappa shape index (κ3) is 3.03. The van der Waals surface area contributed by atoms with E-state index >= 15 is 0 Å². The Morgan fingerprint density at radius 1 is 1.27 bits per heavy atom. The van der Waals surface area contributed by atoms with Gasteiger partial charge in [-0.15, -0.1) is 0 Å². The van der Waals surface area contributed by atoms with Crippen molar-refractivity contribution in [1.82, 2.24) is 4.90 Å². The van der Waals surface area contributed by atoms with Gasteiger partial charge in [-0.3, -0.25) is 4.79 Å². The number of nitrogens with zero attached hydrogens (tertiary/aromatic N) is 1. The zero-order chi connectivity index (χ0) is 15.5. The van der Waals surface area contributed by atoms with Crippen molar-refractivity contribution in [1.29, 1.82) is 0 Å². The summed E-state index contributed by atoms with van der Waals surface area (Å²) in [6, 6.07) is 8.12. The van der Waals surface area contributed by atoms with Crippen LogP contribution in [-0.2, 0) is 4.74 Å². The molecule has 3 rings (SSSR count). The Morgan fingerprint density at radius 2 is 2.09 bits per heavy atom. The molecule has 1 atom stereocenters. The number of benzene rings is 1. The molecule has 114 valence electrons. The van der Waals surface area contributed by atoms with Crippen molar-refractivity contribution in [2.75, 3.05) is 19.7 Å². The molecule has 0 saturated carbocycles. The van der Waals surface area contributed by atoms with Crippen LogP contribution in [0.15, 0.2) is 41.1 Å². The summed E-state index contributed by atoms with van der Waals surface area (Å²) in [4.78, 5) is 25.3. The first kappa shape index (κ1) is 14.7. The van der Waals surface area contributed by atoms with Gasteiger partial charge in [0.2, 0.25) is 0 Å². The molecule has 1 aliphatic rings. The normalized spacial score (nSPS) is 18.2. The standard InChI is InChI=1S/C16H15NO4S/c18-15(11-2-1-3-12(8-11)16(19)20)17-5-6-21-14(9-17)13-4-7-22-10-13/h1-4,7-8,10,14H,5-6,9H2,(H,19,20). The Morgan fingerprint density at radius 3 is 2.82 bits per heavy atom. The summed E-state index contributed by atoms with van der Waals surface area (Å²) in [6.45, 7) is 1.47. The number of carboxylic acid groups (broad SMARTS) is 1. The van der Waals surface area contributed by atoms with Crippen LogP contribution in [0.25, 0.3) is 0 Å². The van der Waals surface area contributed by atoms with Crippen molar-refractivity contribution in [3.8, 4) is 0 Å². The summed E-state index contributed by atoms with van der Waals surface area (Å²) in [5, 5.41) is 13.0. The van der Waals surface area contributed by atoms with E-state index in [1.54, 1.807) is 28.4 Å². The zero-order valence-electron chi connectivity index (χ0n) is 11.8. The molecule has 2 heterocycles. The van der Waals surface area contributed by atoms with Gasteiger partial charge in [-0.1, -0.05) is 6.07 Å². The maximum absolute atomic E-state index is 12.6. The van der Waals surface area contributed by atoms with Crippen molar-refractivity contribution in [3.05, 3.63) is 57.8 Å². The zero-order valence-corrected chi connectivity index (χ0v) is 12.6. The van der Waals surface area contributed by atoms with Crippen LogP contribution >= 0.6 is 11.3 Å². The third-order valence-corrected chi connectivity index (χ3v) is 4.33. The minimum absolute atomic E-state index is 0.119. The smallest absolute Gasteiger partial charge is 0.335 e. The molecular formula is C16H15NO4S. The highest BCUT2D eigenvalue weighted by atomic mass is 32.1. The fourth-order valence-electron chi connectivity index (χ4n) is 2.46. The highest BCUT2D eigenvalue weighted by Gasteiger charge is 2.26. The highest BCUT2D eigenvalue weighted by Crippen LogP contribution is 2.25. The molecule has 1 saturated heterocycles. The van der Waals surface area contributed by atoms with Gasteiger partial charge in [-0.05, 0) is 40.6 Å². The van der Waals surface area contributed by atoms with E-state index in [1.165, 1.54) is 12.1 Å². The lowest BCUT2D eigenvalue weighted by molar-refractivity contribution is -0.0226. The molecule has 1 aromatic carbocycles. The van der Waals surface area contributed by atoms with Crippen LogP contribution in [0, 0.1) is 0 Å². The quantitative estimate of drug-likeness (QED) is 0.945. The Labute approximate surface area is 131 Å². The molecule has 0 radical (unpaired) electrons. The summed E-state index contributed by atoms with van der Waals surface area (Å²) >= 11 is 1.60. The molecule has 1 aliphatic heterocycles. The van der Waals surface area contributed by atoms with E-state index in [0.29, 0.717) is 25.3 Å². The summed E-state index contributed by atoms with van der Waals surface area (Å²) < 4.78 is 5.72. The number of amides is 1. The molecule has 1 N–H and O–H groups in total. The first-order chi connectivity index (χ1) is 10.6. The molecule has 1 fully saturated rings. The summed E-state index contributed by atoms with van der Waals surface area (Å²) in [5.74, 6) is -1.19. The number of carbonyl (C=O) groups is 2. The van der Waals surface area contributed by atoms with E-state index in [-0.39, 0.29) is 17.6 Å². The lowest BCUT2D eigenvalue weighted by Gasteiger charge is -2.32. The molecule has 0 bridgehead atoms. The lowest BCUT2D eigenvalue weighted by atomic mass is 10.1. The van der Waals surface area contributed by atoms with Crippen LogP contribution < -0.4 is 0 Å². The Bertz CT molecular complexity index is 683. The average Bonchev–Trinajstić information content (AvgIpc) is 3.09. The van der Waals surface area contributed by atoms with Gasteiger partial charge < -0.3 is 14.7 Å². The van der Waals surface area contributed by atoms with Gasteiger partial charge in [0.25, 0.3) is 5.91 Å². The average molecular weight is 317 g/mol. The van der Waals surface area contributed by atoms with Crippen LogP contribution in [0.1, 0.15) is 32.4 Å². The topological polar surface area (TPSA) is 66.8 Å². The van der Waals surface area contributed by atoms with Gasteiger partial charge in [0.05, 0.1) is 18.7 Å². The van der Waals surface area contributed by atoms with Crippen LogP contribution in [0.2, 0.25) is 0 Å². The predicted octanol–water partition coefficient (Wildman–Crippen LogP) is 2.66. The van der Waals surface area contributed by atoms with E-state index in [4.69, 9.17) is 9.84 Å². The maximum atomic E-state index is 12.6. The first-order valence-electron chi connectivity index (χ1n) is 6.91. The SMILES string of the molecule is O=C(O)c1cccc(C(=O)N2CCOC(c3ccsc3)C2)c1. The largest absolute Gasteiger partial charge is 0.478 e. The van der Waals surface area contributed by atoms with Crippen LogP contribution in [0.3, 0.4) is 0 Å². The lowest BCUT2D eigenvalue weighted by Crippen LogP contribution is -2.42. The predicted molar refractivity (Wildman–Crippen MR) is 82.3 cm³/mol. The molecule has 0 spiro atoms. The van der Waals surface area contributed by atoms with Gasteiger partial charge in [0.15, 0.2) is 0 Å². The van der Waals surface area contributed by atoms with Crippen molar-refractivity contribution >= 4 is 23.2 Å². The van der Waals surface area contributed by atoms with E-state index in [1.807, 2.05) is 16.8 Å².